The number of ether oxygens (including phenoxy) is 1. The lowest BCUT2D eigenvalue weighted by Crippen LogP contribution is -2.15. The van der Waals surface area contributed by atoms with Crippen LogP contribution >= 0.6 is 11.6 Å². The van der Waals surface area contributed by atoms with Gasteiger partial charge in [0.15, 0.2) is 0 Å². The fourth-order valence-corrected chi connectivity index (χ4v) is 1.03. The average Bonchev–Trinajstić information content (AvgIpc) is 2.16. The van der Waals surface area contributed by atoms with Gasteiger partial charge in [-0.05, 0) is 18.2 Å². The molecule has 1 N–H and O–H groups in total. The molecule has 0 saturated carbocycles. The highest BCUT2D eigenvalue weighted by Gasteiger charge is 2.04. The van der Waals surface area contributed by atoms with Crippen LogP contribution in [0.3, 0.4) is 0 Å². The van der Waals surface area contributed by atoms with E-state index >= 15 is 0 Å². The minimum Gasteiger partial charge on any atom is -0.468 e. The zero-order valence-corrected chi connectivity index (χ0v) is 8.27. The number of methoxy groups -OCH3 is 1. The minimum atomic E-state index is -0.499. The molecule has 0 bridgehead atoms. The first-order chi connectivity index (χ1) is 6.63. The van der Waals surface area contributed by atoms with E-state index in [1.807, 2.05) is 0 Å². The Hall–Kier alpha value is -1.29. The molecule has 0 aliphatic carbocycles. The van der Waals surface area contributed by atoms with Gasteiger partial charge in [-0.3, -0.25) is 4.79 Å². The average molecular weight is 218 g/mol. The Balaban J connectivity index is 2.63. The topological polar surface area (TPSA) is 38.3 Å². The first-order valence-electron chi connectivity index (χ1n) is 3.89. The number of rotatable bonds is 3. The van der Waals surface area contributed by atoms with Gasteiger partial charge >= 0.3 is 5.97 Å². The highest BCUT2D eigenvalue weighted by Crippen LogP contribution is 2.18. The van der Waals surface area contributed by atoms with Crippen molar-refractivity contribution in [3.05, 3.63) is 29.0 Å². The maximum atomic E-state index is 13.1. The molecule has 14 heavy (non-hydrogen) atoms. The Labute approximate surface area is 85.8 Å². The lowest BCUT2D eigenvalue weighted by molar-refractivity contribution is -0.138. The molecule has 5 heteroatoms. The van der Waals surface area contributed by atoms with Crippen molar-refractivity contribution in [1.29, 1.82) is 0 Å². The summed E-state index contributed by atoms with van der Waals surface area (Å²) in [6.45, 7) is -0.0744. The van der Waals surface area contributed by atoms with Crippen LogP contribution in [0, 0.1) is 5.82 Å². The summed E-state index contributed by atoms with van der Waals surface area (Å²) in [6, 6.07) is 4.16. The van der Waals surface area contributed by atoms with E-state index in [0.29, 0.717) is 5.02 Å². The second-order valence-corrected chi connectivity index (χ2v) is 2.99. The Morgan fingerprint density at radius 3 is 2.93 bits per heavy atom. The summed E-state index contributed by atoms with van der Waals surface area (Å²) in [5, 5.41) is 2.89. The van der Waals surface area contributed by atoms with Crippen LogP contribution in [0.2, 0.25) is 5.02 Å². The van der Waals surface area contributed by atoms with E-state index in [9.17, 15) is 9.18 Å². The summed E-state index contributed by atoms with van der Waals surface area (Å²) >= 11 is 5.55. The highest BCUT2D eigenvalue weighted by molar-refractivity contribution is 6.30. The van der Waals surface area contributed by atoms with Crippen LogP contribution in [0.1, 0.15) is 0 Å². The first-order valence-corrected chi connectivity index (χ1v) is 4.27. The number of anilines is 1. The molecular weight excluding hydrogens is 209 g/mol. The molecule has 0 aliphatic rings. The van der Waals surface area contributed by atoms with Crippen molar-refractivity contribution in [3.8, 4) is 0 Å². The molecule has 0 spiro atoms. The number of carbonyl (C=O) groups excluding carboxylic acids is 1. The number of hydrogen-bond donors (Lipinski definition) is 1. The predicted molar refractivity (Wildman–Crippen MR) is 51.9 cm³/mol. The molecule has 0 heterocycles. The summed E-state index contributed by atoms with van der Waals surface area (Å²) in [6.07, 6.45) is 0. The highest BCUT2D eigenvalue weighted by atomic mass is 35.5. The van der Waals surface area contributed by atoms with Crippen molar-refractivity contribution < 1.29 is 13.9 Å². The monoisotopic (exact) mass is 217 g/mol. The third kappa shape index (κ3) is 2.88. The van der Waals surface area contributed by atoms with Gasteiger partial charge in [-0.25, -0.2) is 4.39 Å². The summed E-state index contributed by atoms with van der Waals surface area (Å²) < 4.78 is 17.5. The van der Waals surface area contributed by atoms with Crippen LogP contribution in [-0.2, 0) is 9.53 Å². The fraction of sp³-hybridized carbons (Fsp3) is 0.222. The van der Waals surface area contributed by atoms with Gasteiger partial charge in [-0.15, -0.1) is 0 Å². The molecule has 0 fully saturated rings. The van der Waals surface area contributed by atoms with E-state index in [1.165, 1.54) is 25.3 Å². The number of hydrogen-bond acceptors (Lipinski definition) is 3. The van der Waals surface area contributed by atoms with Gasteiger partial charge in [0.25, 0.3) is 0 Å². The number of halogens is 2. The molecular formula is C9H9ClFNO2. The van der Waals surface area contributed by atoms with Crippen molar-refractivity contribution in [3.63, 3.8) is 0 Å². The van der Waals surface area contributed by atoms with Crippen molar-refractivity contribution in [2.75, 3.05) is 19.0 Å². The second kappa shape index (κ2) is 4.81. The molecule has 1 rings (SSSR count). The molecule has 76 valence electrons. The van der Waals surface area contributed by atoms with Crippen molar-refractivity contribution in [1.82, 2.24) is 0 Å². The summed E-state index contributed by atoms with van der Waals surface area (Å²) in [5.41, 5.74) is 0.222. The molecule has 3 nitrogen and oxygen atoms in total. The van der Waals surface area contributed by atoms with Gasteiger partial charge in [0.1, 0.15) is 12.4 Å². The van der Waals surface area contributed by atoms with E-state index in [4.69, 9.17) is 11.6 Å². The van der Waals surface area contributed by atoms with Gasteiger partial charge in [0, 0.05) is 5.02 Å². The molecule has 1 aromatic carbocycles. The molecule has 0 radical (unpaired) electrons. The van der Waals surface area contributed by atoms with E-state index in [0.717, 1.165) is 0 Å². The number of benzene rings is 1. The van der Waals surface area contributed by atoms with Crippen LogP contribution in [-0.4, -0.2) is 19.6 Å². The van der Waals surface area contributed by atoms with E-state index in [1.54, 1.807) is 0 Å². The second-order valence-electron chi connectivity index (χ2n) is 2.55. The number of nitrogens with one attached hydrogen (secondary N) is 1. The SMILES string of the molecule is COC(=O)CNc1ccc(Cl)cc1F. The quantitative estimate of drug-likeness (QED) is 0.788. The zero-order chi connectivity index (χ0) is 10.6. The van der Waals surface area contributed by atoms with Gasteiger partial charge in [0.05, 0.1) is 12.8 Å². The third-order valence-electron chi connectivity index (χ3n) is 1.58. The maximum absolute atomic E-state index is 13.1. The Kier molecular flexibility index (Phi) is 3.71. The molecule has 0 aliphatic heterocycles. The molecule has 0 aromatic heterocycles. The Morgan fingerprint density at radius 1 is 1.64 bits per heavy atom. The van der Waals surface area contributed by atoms with Crippen LogP contribution in [0.5, 0.6) is 0 Å². The Morgan fingerprint density at radius 2 is 2.36 bits per heavy atom. The smallest absolute Gasteiger partial charge is 0.325 e. The predicted octanol–water partition coefficient (Wildman–Crippen LogP) is 2.06. The first kappa shape index (κ1) is 10.8. The van der Waals surface area contributed by atoms with Crippen molar-refractivity contribution in [2.24, 2.45) is 0 Å². The lowest BCUT2D eigenvalue weighted by atomic mass is 10.3. The number of esters is 1. The molecule has 0 amide bonds. The standard InChI is InChI=1S/C9H9ClFNO2/c1-14-9(13)5-12-8-3-2-6(10)4-7(8)11/h2-4,12H,5H2,1H3. The lowest BCUT2D eigenvalue weighted by Gasteiger charge is -2.05. The fourth-order valence-electron chi connectivity index (χ4n) is 0.872. The van der Waals surface area contributed by atoms with Gasteiger partial charge in [-0.1, -0.05) is 11.6 Å². The Bertz CT molecular complexity index is 344. The number of carbonyl (C=O) groups is 1. The van der Waals surface area contributed by atoms with E-state index < -0.39 is 11.8 Å². The van der Waals surface area contributed by atoms with E-state index in [-0.39, 0.29) is 12.2 Å². The molecule has 1 aromatic rings. The largest absolute Gasteiger partial charge is 0.468 e. The summed E-state index contributed by atoms with van der Waals surface area (Å²) in [5.74, 6) is -0.958. The van der Waals surface area contributed by atoms with E-state index in [2.05, 4.69) is 10.1 Å². The minimum absolute atomic E-state index is 0.0744. The van der Waals surface area contributed by atoms with Crippen LogP contribution in [0.25, 0.3) is 0 Å². The van der Waals surface area contributed by atoms with Gasteiger partial charge < -0.3 is 10.1 Å². The summed E-state index contributed by atoms with van der Waals surface area (Å²) in [4.78, 5) is 10.7. The van der Waals surface area contributed by atoms with Crippen LogP contribution < -0.4 is 5.32 Å². The normalized spacial score (nSPS) is 9.64. The van der Waals surface area contributed by atoms with Gasteiger partial charge in [-0.2, -0.15) is 0 Å². The zero-order valence-electron chi connectivity index (χ0n) is 7.51. The van der Waals surface area contributed by atoms with Crippen LogP contribution in [0.15, 0.2) is 18.2 Å². The van der Waals surface area contributed by atoms with Crippen LogP contribution in [0.4, 0.5) is 10.1 Å². The van der Waals surface area contributed by atoms with Gasteiger partial charge in [0.2, 0.25) is 0 Å². The molecule has 0 atom stereocenters. The summed E-state index contributed by atoms with van der Waals surface area (Å²) in [7, 11) is 1.27. The molecule has 0 unspecified atom stereocenters. The van der Waals surface area contributed by atoms with Crippen molar-refractivity contribution >= 4 is 23.3 Å². The van der Waals surface area contributed by atoms with Crippen molar-refractivity contribution in [2.45, 2.75) is 0 Å². The third-order valence-corrected chi connectivity index (χ3v) is 1.82. The maximum Gasteiger partial charge on any atom is 0.325 e. The molecule has 0 saturated heterocycles.